The molecular formula is C84H113N19O23. The summed E-state index contributed by atoms with van der Waals surface area (Å²) in [6, 6.07) is 10.6. The number of aliphatic hydroxyl groups excluding tert-OH is 3. The van der Waals surface area contributed by atoms with E-state index >= 15 is 14.4 Å². The number of benzene rings is 3. The van der Waals surface area contributed by atoms with Crippen molar-refractivity contribution in [2.45, 2.75) is 179 Å². The van der Waals surface area contributed by atoms with Gasteiger partial charge in [0.1, 0.15) is 67.2 Å². The van der Waals surface area contributed by atoms with Crippen molar-refractivity contribution in [3.8, 4) is 11.5 Å². The summed E-state index contributed by atoms with van der Waals surface area (Å²) in [5.74, 6) is -15.7. The van der Waals surface area contributed by atoms with E-state index in [1.165, 1.54) is 45.2 Å². The zero-order chi connectivity index (χ0) is 92.2. The van der Waals surface area contributed by atoms with E-state index < -0.39 is 236 Å². The van der Waals surface area contributed by atoms with Gasteiger partial charge in [0.05, 0.1) is 43.3 Å². The number of nitrogens with zero attached hydrogens (tertiary/aromatic N) is 8. The Bertz CT molecular complexity index is 4860. The highest BCUT2D eigenvalue weighted by atomic mass is 16.7. The second kappa shape index (κ2) is 44.2. The fourth-order valence-corrected chi connectivity index (χ4v) is 15.0. The minimum Gasteiger partial charge on any atom is -0.486 e. The third-order valence-electron chi connectivity index (χ3n) is 22.3. The maximum atomic E-state index is 15.5. The number of hydrogen-bond donors (Lipinski definition) is 15. The first kappa shape index (κ1) is 97.0. The van der Waals surface area contributed by atoms with Crippen LogP contribution in [0.15, 0.2) is 84.9 Å². The van der Waals surface area contributed by atoms with Crippen molar-refractivity contribution in [1.29, 1.82) is 0 Å². The van der Waals surface area contributed by atoms with Crippen molar-refractivity contribution < 1.29 is 111 Å². The molecular weight excluding hydrogens is 1640 g/mol. The average molecular weight is 1760 g/mol. The molecule has 4 saturated heterocycles. The smallest absolute Gasteiger partial charge is 0.335 e. The summed E-state index contributed by atoms with van der Waals surface area (Å²) in [5, 5.41) is 66.6. The lowest BCUT2D eigenvalue weighted by Crippen LogP contribution is -2.61. The predicted octanol–water partition coefficient (Wildman–Crippen LogP) is -2.49. The molecule has 4 fully saturated rings. The topological polar surface area (TPSA) is 587 Å². The van der Waals surface area contributed by atoms with Gasteiger partial charge in [-0.15, -0.1) is 0 Å². The summed E-state index contributed by atoms with van der Waals surface area (Å²) in [4.78, 5) is 242. The van der Waals surface area contributed by atoms with E-state index in [-0.39, 0.29) is 74.8 Å². The molecule has 0 saturated carbocycles. The molecule has 9 rings (SSSR count). The molecule has 0 radical (unpaired) electrons. The Morgan fingerprint density at radius 2 is 1.05 bits per heavy atom. The zero-order valence-corrected chi connectivity index (χ0v) is 71.8. The molecule has 6 heterocycles. The normalized spacial score (nSPS) is 23.6. The van der Waals surface area contributed by atoms with E-state index in [0.29, 0.717) is 53.2 Å². The Labute approximate surface area is 726 Å². The number of aromatic nitrogens is 2. The van der Waals surface area contributed by atoms with Crippen molar-refractivity contribution >= 4 is 122 Å². The van der Waals surface area contributed by atoms with Crippen LogP contribution in [-0.2, 0) is 73.7 Å². The summed E-state index contributed by atoms with van der Waals surface area (Å²) >= 11 is 0. The SMILES string of the molecule is CC(C)[C@H](N)C(=O)N[C@@H](CCCNC(N)=O)C(=O)Nc1ccc(COc2cc3ccccc3nc2C(=O)N[C@@H]2CNC(=O)[C@H](C(C)C)N(C)C(=O)CN(C)C(=O)CNC(=O)[C@@H]3CCCCN3C(=O)[C@@H](NC(=O)c3nc4ccccc4cc3O[C@@H]3O[C@H](C(=O)O)[C@@H](O)[C@H](O)[C@H]3O)CNC(=O)[C@H](C(C)C)N(C)C(=O)CN(C)C(=O)CNC(=O)[C@@H]3CCCCN3C2=O)cc1. The zero-order valence-electron chi connectivity index (χ0n) is 71.8. The van der Waals surface area contributed by atoms with Gasteiger partial charge in [0.15, 0.2) is 29.0 Å². The molecule has 3 aromatic carbocycles. The molecule has 4 aliphatic heterocycles. The number of likely N-dealkylation sites (N-methyl/N-ethyl adjacent to an activating group) is 4. The monoisotopic (exact) mass is 1760 g/mol. The highest BCUT2D eigenvalue weighted by Crippen LogP contribution is 2.32. The van der Waals surface area contributed by atoms with Crippen LogP contribution in [0.5, 0.6) is 11.5 Å². The number of carboxylic acid groups (broad SMARTS) is 1. The van der Waals surface area contributed by atoms with Crippen LogP contribution >= 0.6 is 0 Å². The fourth-order valence-electron chi connectivity index (χ4n) is 15.0. The predicted molar refractivity (Wildman–Crippen MR) is 451 cm³/mol. The number of hydrogen-bond acceptors (Lipinski definition) is 25. The highest BCUT2D eigenvalue weighted by Gasteiger charge is 2.49. The number of anilines is 1. The molecule has 17 N–H and O–H groups in total. The highest BCUT2D eigenvalue weighted by molar-refractivity contribution is 6.04. The minimum absolute atomic E-state index is 0.00245. The Hall–Kier alpha value is -12.8. The molecule has 4 aliphatic rings. The van der Waals surface area contributed by atoms with E-state index in [1.807, 2.05) is 0 Å². The number of carboxylic acids is 1. The molecule has 126 heavy (non-hydrogen) atoms. The largest absolute Gasteiger partial charge is 0.486 e. The number of carbonyl (C=O) groups excluding carboxylic acids is 15. The average Bonchev–Trinajstić information content (AvgIpc) is 0.791. The first-order valence-corrected chi connectivity index (χ1v) is 41.6. The first-order valence-electron chi connectivity index (χ1n) is 41.6. The van der Waals surface area contributed by atoms with E-state index in [4.69, 9.17) is 25.7 Å². The number of pyridine rings is 2. The number of aliphatic carboxylic acids is 1. The number of urea groups is 1. The second-order valence-electron chi connectivity index (χ2n) is 32.6. The number of rotatable bonds is 21. The van der Waals surface area contributed by atoms with Gasteiger partial charge in [0.2, 0.25) is 77.2 Å². The molecule has 0 unspecified atom stereocenters. The number of nitrogens with one attached hydrogen (secondary N) is 9. The summed E-state index contributed by atoms with van der Waals surface area (Å²) < 4.78 is 17.6. The van der Waals surface area contributed by atoms with Gasteiger partial charge in [-0.05, 0) is 111 Å². The lowest BCUT2D eigenvalue weighted by molar-refractivity contribution is -0.271. The number of fused-ring (bicyclic) bond motifs is 4. The van der Waals surface area contributed by atoms with E-state index in [0.717, 1.165) is 24.5 Å². The molecule has 16 amide bonds. The van der Waals surface area contributed by atoms with Crippen molar-refractivity contribution in [3.05, 3.63) is 102 Å². The third-order valence-corrected chi connectivity index (χ3v) is 22.3. The summed E-state index contributed by atoms with van der Waals surface area (Å²) in [5.41, 5.74) is 11.7. The van der Waals surface area contributed by atoms with Crippen LogP contribution in [0, 0.1) is 17.8 Å². The maximum absolute atomic E-state index is 15.5. The van der Waals surface area contributed by atoms with Crippen LogP contribution in [-0.4, -0.2) is 321 Å². The van der Waals surface area contributed by atoms with Gasteiger partial charge in [0, 0.05) is 77.4 Å². The fraction of sp³-hybridized carbons (Fsp3) is 0.524. The maximum Gasteiger partial charge on any atom is 0.335 e. The number of para-hydroxylation sites is 2. The van der Waals surface area contributed by atoms with Gasteiger partial charge < -0.3 is 123 Å². The van der Waals surface area contributed by atoms with Crippen LogP contribution in [0.3, 0.4) is 0 Å². The standard InChI is InChI=1S/C84H113N19O23/c1-43(2)63(85)75(114)95-52(24-19-31-87-84(86)123)72(111)92-49-29-27-46(28-30-49)42-124-57-34-47-20-11-13-22-50(47)93-64(57)76(115)96-53-36-88-78(117)66(44(3)4)100(9)61(106)40-98(7)60(105)39-91-74(113)56-26-16-18-33-103(56)81(120)54(97-77(116)65-58(35-48-21-12-14-23-51(48)94-65)125-83-70(110)68(108)69(109)71(126-83)82(121)122)37-89-79(118)67(45(5)6)101(10)62(107)41-99(8)59(104)38-90-73(112)55-25-15-17-32-102(55)80(53)119/h11-14,20-23,27-30,34-35,43-45,52-56,63,66-71,83,108-110H,15-19,24-26,31-33,36-42,85H2,1-10H3,(H,88,117)(H,89,118)(H,90,112)(H,91,113)(H,92,111)(H,95,114)(H,96,115)(H,97,116)(H,121,122)(H3,86,87,123)/t52-,53+,54-,55-,56-,63-,66-,67-,68-,69-,70+,71-,83+/m0/s1. The van der Waals surface area contributed by atoms with Gasteiger partial charge in [-0.2, -0.15) is 0 Å². The summed E-state index contributed by atoms with van der Waals surface area (Å²) in [6.45, 7) is 5.40. The van der Waals surface area contributed by atoms with Crippen LogP contribution in [0.4, 0.5) is 10.5 Å². The molecule has 13 atom stereocenters. The van der Waals surface area contributed by atoms with Gasteiger partial charge in [-0.25, -0.2) is 19.6 Å². The van der Waals surface area contributed by atoms with Crippen molar-refractivity contribution in [2.75, 3.05) is 92.4 Å². The van der Waals surface area contributed by atoms with Crippen molar-refractivity contribution in [2.24, 2.45) is 29.2 Å². The Morgan fingerprint density at radius 3 is 1.51 bits per heavy atom. The van der Waals surface area contributed by atoms with Gasteiger partial charge >= 0.3 is 12.0 Å². The van der Waals surface area contributed by atoms with Gasteiger partial charge in [0.25, 0.3) is 11.8 Å². The van der Waals surface area contributed by atoms with Crippen LogP contribution in [0.25, 0.3) is 21.8 Å². The number of nitrogens with two attached hydrogens (primary N) is 2. The van der Waals surface area contributed by atoms with E-state index in [9.17, 15) is 82.8 Å². The quantitative estimate of drug-likeness (QED) is 0.0338. The number of primary amides is 1. The third kappa shape index (κ3) is 24.8. The molecule has 0 bridgehead atoms. The minimum atomic E-state index is -2.14. The van der Waals surface area contributed by atoms with E-state index in [1.54, 1.807) is 114 Å². The summed E-state index contributed by atoms with van der Waals surface area (Å²) in [7, 11) is 5.10. The Morgan fingerprint density at radius 1 is 0.579 bits per heavy atom. The Balaban J connectivity index is 0.978. The lowest BCUT2D eigenvalue weighted by atomic mass is 9.99. The van der Waals surface area contributed by atoms with Crippen LogP contribution in [0.1, 0.15) is 119 Å². The lowest BCUT2D eigenvalue weighted by Gasteiger charge is -2.38. The molecule has 42 heteroatoms. The van der Waals surface area contributed by atoms with Gasteiger partial charge in [-0.1, -0.05) is 90.1 Å². The van der Waals surface area contributed by atoms with Crippen molar-refractivity contribution in [3.63, 3.8) is 0 Å². The van der Waals surface area contributed by atoms with Crippen LogP contribution in [0.2, 0.25) is 0 Å². The number of amides is 16. The number of aliphatic hydroxyl groups is 3. The molecule has 0 aliphatic carbocycles. The van der Waals surface area contributed by atoms with Crippen LogP contribution < -0.4 is 68.8 Å². The number of ether oxygens (including phenoxy) is 3. The second-order valence-corrected chi connectivity index (χ2v) is 32.6. The molecule has 2 aromatic heterocycles. The number of piperidine rings is 2. The molecule has 682 valence electrons. The molecule has 5 aromatic rings. The van der Waals surface area contributed by atoms with E-state index in [2.05, 4.69) is 57.8 Å². The Kier molecular flexibility index (Phi) is 34.0. The molecule has 0 spiro atoms. The number of carbonyl (C=O) groups is 16. The molecule has 42 nitrogen and oxygen atoms in total. The summed E-state index contributed by atoms with van der Waals surface area (Å²) in [6.07, 6.45) is -8.72. The first-order chi connectivity index (χ1) is 59.7. The van der Waals surface area contributed by atoms with Crippen molar-refractivity contribution in [1.82, 2.24) is 81.9 Å². The van der Waals surface area contributed by atoms with Gasteiger partial charge in [-0.3, -0.25) is 67.1 Å².